The van der Waals surface area contributed by atoms with E-state index in [-0.39, 0.29) is 0 Å². The van der Waals surface area contributed by atoms with E-state index >= 15 is 0 Å². The van der Waals surface area contributed by atoms with Crippen LogP contribution in [-0.2, 0) is 0 Å². The van der Waals surface area contributed by atoms with E-state index < -0.39 is 7.26 Å². The van der Waals surface area contributed by atoms with Crippen molar-refractivity contribution in [3.05, 3.63) is 29.3 Å². The van der Waals surface area contributed by atoms with Crippen LogP contribution in [0.1, 0.15) is 20.8 Å². The van der Waals surface area contributed by atoms with Gasteiger partial charge in [-0.3, -0.25) is 0 Å². The lowest BCUT2D eigenvalue weighted by molar-refractivity contribution is 1.32. The summed E-state index contributed by atoms with van der Waals surface area (Å²) in [5, 5.41) is 2.38. The third-order valence-corrected chi connectivity index (χ3v) is 8.47. The fourth-order valence-corrected chi connectivity index (χ4v) is 5.32. The van der Waals surface area contributed by atoms with Crippen LogP contribution >= 0.6 is 18.9 Å². The zero-order valence-corrected chi connectivity index (χ0v) is 10.9. The minimum Gasteiger partial charge on any atom is -0.0843 e. The maximum atomic E-state index is 5.90. The fraction of sp³-hybridized carbons (Fsp3) is 0.500. The molecule has 0 saturated carbocycles. The standard InChI is InChI=1S/C12H19ClP/c1-4-14(5-2,6-3)12-9-7-11(13)8-10-12/h7-10H,4-6H2,1-3H3/q+1. The molecule has 1 aromatic carbocycles. The summed E-state index contributed by atoms with van der Waals surface area (Å²) >= 11 is 5.90. The molecule has 0 radical (unpaired) electrons. The van der Waals surface area contributed by atoms with Crippen LogP contribution in [0.5, 0.6) is 0 Å². The zero-order valence-electron chi connectivity index (χ0n) is 9.26. The molecule has 0 aliphatic rings. The van der Waals surface area contributed by atoms with Crippen LogP contribution in [-0.4, -0.2) is 18.5 Å². The Labute approximate surface area is 93.0 Å². The highest BCUT2D eigenvalue weighted by atomic mass is 35.5. The monoisotopic (exact) mass is 229 g/mol. The van der Waals surface area contributed by atoms with Crippen molar-refractivity contribution in [2.24, 2.45) is 0 Å². The molecule has 1 rings (SSSR count). The van der Waals surface area contributed by atoms with Gasteiger partial charge in [0.2, 0.25) is 0 Å². The summed E-state index contributed by atoms with van der Waals surface area (Å²) in [4.78, 5) is 0. The Morgan fingerprint density at radius 3 is 1.71 bits per heavy atom. The van der Waals surface area contributed by atoms with Gasteiger partial charge in [0.1, 0.15) is 0 Å². The predicted molar refractivity (Wildman–Crippen MR) is 69.6 cm³/mol. The molecule has 0 aliphatic heterocycles. The van der Waals surface area contributed by atoms with Crippen LogP contribution in [0.4, 0.5) is 0 Å². The summed E-state index contributed by atoms with van der Waals surface area (Å²) in [5.74, 6) is 0. The second-order valence-corrected chi connectivity index (χ2v) is 8.71. The van der Waals surface area contributed by atoms with Gasteiger partial charge >= 0.3 is 0 Å². The van der Waals surface area contributed by atoms with Crippen LogP contribution in [0.15, 0.2) is 24.3 Å². The average molecular weight is 230 g/mol. The van der Waals surface area contributed by atoms with E-state index in [1.165, 1.54) is 23.8 Å². The van der Waals surface area contributed by atoms with Gasteiger partial charge in [0, 0.05) is 12.3 Å². The summed E-state index contributed by atoms with van der Waals surface area (Å²) < 4.78 is 0. The predicted octanol–water partition coefficient (Wildman–Crippen LogP) is 4.04. The molecule has 0 aromatic heterocycles. The molecule has 0 amide bonds. The molecule has 0 unspecified atom stereocenters. The van der Waals surface area contributed by atoms with Crippen molar-refractivity contribution in [1.29, 1.82) is 0 Å². The van der Waals surface area contributed by atoms with Crippen LogP contribution in [0.25, 0.3) is 0 Å². The Kier molecular flexibility index (Phi) is 4.41. The summed E-state index contributed by atoms with van der Waals surface area (Å²) in [7, 11) is -0.870. The SMILES string of the molecule is CC[P+](CC)(CC)c1ccc(Cl)cc1. The van der Waals surface area contributed by atoms with Crippen LogP contribution in [0.3, 0.4) is 0 Å². The molecule has 2 heteroatoms. The molecule has 0 atom stereocenters. The molecule has 78 valence electrons. The number of rotatable bonds is 4. The third kappa shape index (κ3) is 2.30. The van der Waals surface area contributed by atoms with Crippen LogP contribution in [0, 0.1) is 0 Å². The van der Waals surface area contributed by atoms with Gasteiger partial charge in [-0.1, -0.05) is 11.6 Å². The largest absolute Gasteiger partial charge is 0.0940 e. The van der Waals surface area contributed by atoms with Gasteiger partial charge in [-0.2, -0.15) is 0 Å². The van der Waals surface area contributed by atoms with Gasteiger partial charge in [-0.25, -0.2) is 0 Å². The van der Waals surface area contributed by atoms with Gasteiger partial charge in [-0.15, -0.1) is 0 Å². The van der Waals surface area contributed by atoms with Crippen molar-refractivity contribution >= 4 is 24.2 Å². The Hall–Kier alpha value is -0.0600. The first-order chi connectivity index (χ1) is 6.68. The Balaban J connectivity index is 3.05. The van der Waals surface area contributed by atoms with Crippen LogP contribution in [0.2, 0.25) is 5.02 Å². The molecule has 0 nitrogen and oxygen atoms in total. The maximum Gasteiger partial charge on any atom is 0.0940 e. The summed E-state index contributed by atoms with van der Waals surface area (Å²) in [6, 6.07) is 8.47. The number of benzene rings is 1. The first-order valence-electron chi connectivity index (χ1n) is 5.30. The highest BCUT2D eigenvalue weighted by molar-refractivity contribution is 7.82. The summed E-state index contributed by atoms with van der Waals surface area (Å²) in [6.45, 7) is 6.94. The van der Waals surface area contributed by atoms with Crippen LogP contribution < -0.4 is 5.30 Å². The summed E-state index contributed by atoms with van der Waals surface area (Å²) in [5.41, 5.74) is 0. The highest BCUT2D eigenvalue weighted by Crippen LogP contribution is 2.56. The zero-order chi connectivity index (χ0) is 10.6. The second kappa shape index (κ2) is 5.14. The van der Waals surface area contributed by atoms with Gasteiger partial charge in [0.15, 0.2) is 0 Å². The van der Waals surface area contributed by atoms with Gasteiger partial charge < -0.3 is 0 Å². The van der Waals surface area contributed by atoms with Crippen molar-refractivity contribution in [3.8, 4) is 0 Å². The first kappa shape index (κ1) is 12.0. The number of hydrogen-bond acceptors (Lipinski definition) is 0. The molecule has 0 aliphatic carbocycles. The highest BCUT2D eigenvalue weighted by Gasteiger charge is 2.33. The van der Waals surface area contributed by atoms with Gasteiger partial charge in [0.05, 0.1) is 23.8 Å². The number of hydrogen-bond donors (Lipinski definition) is 0. The number of halogens is 1. The topological polar surface area (TPSA) is 0 Å². The molecule has 0 N–H and O–H groups in total. The van der Waals surface area contributed by atoms with Crippen molar-refractivity contribution in [2.45, 2.75) is 20.8 Å². The van der Waals surface area contributed by atoms with E-state index in [1.54, 1.807) is 0 Å². The normalized spacial score (nSPS) is 11.7. The molecular weight excluding hydrogens is 211 g/mol. The lowest BCUT2D eigenvalue weighted by Crippen LogP contribution is -2.17. The molecular formula is C12H19ClP+. The average Bonchev–Trinajstić information content (AvgIpc) is 2.24. The van der Waals surface area contributed by atoms with Crippen molar-refractivity contribution < 1.29 is 0 Å². The van der Waals surface area contributed by atoms with Crippen molar-refractivity contribution in [2.75, 3.05) is 18.5 Å². The third-order valence-electron chi connectivity index (χ3n) is 3.19. The first-order valence-corrected chi connectivity index (χ1v) is 8.03. The van der Waals surface area contributed by atoms with Crippen molar-refractivity contribution in [1.82, 2.24) is 0 Å². The molecule has 1 aromatic rings. The minimum absolute atomic E-state index is 0.843. The second-order valence-electron chi connectivity index (χ2n) is 3.57. The van der Waals surface area contributed by atoms with E-state index in [1.807, 2.05) is 12.1 Å². The van der Waals surface area contributed by atoms with E-state index in [2.05, 4.69) is 32.9 Å². The van der Waals surface area contributed by atoms with E-state index in [0.717, 1.165) is 5.02 Å². The van der Waals surface area contributed by atoms with Gasteiger partial charge in [-0.05, 0) is 45.0 Å². The lowest BCUT2D eigenvalue weighted by atomic mass is 10.4. The minimum atomic E-state index is -0.870. The molecule has 0 fully saturated rings. The molecule has 0 heterocycles. The molecule has 14 heavy (non-hydrogen) atoms. The smallest absolute Gasteiger partial charge is 0.0843 e. The molecule has 0 spiro atoms. The Bertz CT molecular complexity index is 267. The van der Waals surface area contributed by atoms with Gasteiger partial charge in [0.25, 0.3) is 0 Å². The fourth-order valence-electron chi connectivity index (χ4n) is 1.98. The quantitative estimate of drug-likeness (QED) is 0.684. The molecule has 0 bridgehead atoms. The van der Waals surface area contributed by atoms with E-state index in [9.17, 15) is 0 Å². The lowest BCUT2D eigenvalue weighted by Gasteiger charge is -2.23. The van der Waals surface area contributed by atoms with E-state index in [4.69, 9.17) is 11.6 Å². The Morgan fingerprint density at radius 2 is 1.36 bits per heavy atom. The summed E-state index contributed by atoms with van der Waals surface area (Å²) in [6.07, 6.45) is 3.92. The Morgan fingerprint density at radius 1 is 0.929 bits per heavy atom. The maximum absolute atomic E-state index is 5.90. The van der Waals surface area contributed by atoms with E-state index in [0.29, 0.717) is 0 Å². The van der Waals surface area contributed by atoms with Crippen molar-refractivity contribution in [3.63, 3.8) is 0 Å². The molecule has 0 saturated heterocycles.